The zero-order chi connectivity index (χ0) is 8.81. The van der Waals surface area contributed by atoms with Crippen LogP contribution in [0.15, 0.2) is 30.3 Å². The summed E-state index contributed by atoms with van der Waals surface area (Å²) in [6.45, 7) is 2.34. The van der Waals surface area contributed by atoms with Crippen LogP contribution in [0.1, 0.15) is 12.5 Å². The van der Waals surface area contributed by atoms with Gasteiger partial charge in [0.15, 0.2) is 11.1 Å². The zero-order valence-corrected chi connectivity index (χ0v) is 7.84. The van der Waals surface area contributed by atoms with Crippen molar-refractivity contribution in [3.05, 3.63) is 35.9 Å². The van der Waals surface area contributed by atoms with Gasteiger partial charge in [0.1, 0.15) is 0 Å². The molecule has 0 aromatic heterocycles. The van der Waals surface area contributed by atoms with Crippen molar-refractivity contribution in [2.75, 3.05) is 6.61 Å². The summed E-state index contributed by atoms with van der Waals surface area (Å²) in [4.78, 5) is 0. The molecule has 2 nitrogen and oxygen atoms in total. The van der Waals surface area contributed by atoms with E-state index in [9.17, 15) is 4.21 Å². The van der Waals surface area contributed by atoms with Crippen LogP contribution in [0.4, 0.5) is 0 Å². The van der Waals surface area contributed by atoms with Gasteiger partial charge in [0.25, 0.3) is 0 Å². The van der Waals surface area contributed by atoms with Gasteiger partial charge in [-0.05, 0) is 12.5 Å². The van der Waals surface area contributed by atoms with E-state index in [1.165, 1.54) is 0 Å². The lowest BCUT2D eigenvalue weighted by Crippen LogP contribution is -1.99. The molecule has 0 aliphatic heterocycles. The maximum absolute atomic E-state index is 11.1. The van der Waals surface area contributed by atoms with Crippen LogP contribution in [-0.4, -0.2) is 10.8 Å². The molecule has 1 unspecified atom stereocenters. The van der Waals surface area contributed by atoms with Gasteiger partial charge in [-0.3, -0.25) is 4.18 Å². The van der Waals surface area contributed by atoms with E-state index in [1.807, 2.05) is 37.3 Å². The molecule has 0 saturated heterocycles. The molecular formula is C9H12O2S. The number of hydrogen-bond donors (Lipinski definition) is 0. The Bertz CT molecular complexity index is 246. The summed E-state index contributed by atoms with van der Waals surface area (Å²) in [6.07, 6.45) is 0. The summed E-state index contributed by atoms with van der Waals surface area (Å²) in [7, 11) is 0. The van der Waals surface area contributed by atoms with E-state index in [1.54, 1.807) is 0 Å². The van der Waals surface area contributed by atoms with Gasteiger partial charge >= 0.3 is 0 Å². The Morgan fingerprint density at radius 1 is 1.33 bits per heavy atom. The van der Waals surface area contributed by atoms with Crippen molar-refractivity contribution in [2.24, 2.45) is 0 Å². The Kier molecular flexibility index (Phi) is 3.97. The largest absolute Gasteiger partial charge is 0.291 e. The van der Waals surface area contributed by atoms with Gasteiger partial charge in [0, 0.05) is 0 Å². The molecule has 0 radical (unpaired) electrons. The normalized spacial score (nSPS) is 12.8. The fourth-order valence-electron chi connectivity index (χ4n) is 0.883. The summed E-state index contributed by atoms with van der Waals surface area (Å²) in [6, 6.07) is 9.68. The van der Waals surface area contributed by atoms with E-state index in [2.05, 4.69) is 0 Å². The lowest BCUT2D eigenvalue weighted by Gasteiger charge is -1.99. The topological polar surface area (TPSA) is 26.3 Å². The van der Waals surface area contributed by atoms with Crippen LogP contribution in [0.25, 0.3) is 0 Å². The summed E-state index contributed by atoms with van der Waals surface area (Å²) in [5, 5.41) is 0. The first-order chi connectivity index (χ1) is 5.83. The van der Waals surface area contributed by atoms with Crippen LogP contribution in [0.5, 0.6) is 0 Å². The Balaban J connectivity index is 2.47. The van der Waals surface area contributed by atoms with E-state index in [4.69, 9.17) is 4.18 Å². The molecule has 0 N–H and O–H groups in total. The highest BCUT2D eigenvalue weighted by Gasteiger charge is 1.99. The molecule has 0 fully saturated rings. The van der Waals surface area contributed by atoms with Crippen LogP contribution < -0.4 is 0 Å². The van der Waals surface area contributed by atoms with Gasteiger partial charge in [-0.2, -0.15) is 0 Å². The quantitative estimate of drug-likeness (QED) is 0.714. The molecule has 1 rings (SSSR count). The van der Waals surface area contributed by atoms with Crippen molar-refractivity contribution < 1.29 is 8.39 Å². The molecule has 1 atom stereocenters. The molecule has 0 bridgehead atoms. The van der Waals surface area contributed by atoms with E-state index in [-0.39, 0.29) is 0 Å². The second kappa shape index (κ2) is 5.06. The second-order valence-corrected chi connectivity index (χ2v) is 3.47. The zero-order valence-electron chi connectivity index (χ0n) is 7.03. The van der Waals surface area contributed by atoms with Crippen LogP contribution in [0.3, 0.4) is 0 Å². The third-order valence-electron chi connectivity index (χ3n) is 1.38. The average molecular weight is 184 g/mol. The summed E-state index contributed by atoms with van der Waals surface area (Å²) in [5.74, 6) is 0.481. The van der Waals surface area contributed by atoms with E-state index < -0.39 is 11.1 Å². The SMILES string of the molecule is CCOS(=O)Cc1ccccc1. The van der Waals surface area contributed by atoms with Gasteiger partial charge in [0.05, 0.1) is 12.4 Å². The molecule has 0 amide bonds. The first-order valence-electron chi connectivity index (χ1n) is 3.88. The molecule has 1 aromatic rings. The lowest BCUT2D eigenvalue weighted by atomic mass is 10.2. The number of hydrogen-bond acceptors (Lipinski definition) is 2. The fourth-order valence-corrected chi connectivity index (χ4v) is 1.69. The van der Waals surface area contributed by atoms with Crippen LogP contribution in [0, 0.1) is 0 Å². The molecule has 66 valence electrons. The minimum Gasteiger partial charge on any atom is -0.291 e. The van der Waals surface area contributed by atoms with Crippen LogP contribution in [0.2, 0.25) is 0 Å². The highest BCUT2D eigenvalue weighted by atomic mass is 32.2. The first-order valence-corrected chi connectivity index (χ1v) is 5.13. The van der Waals surface area contributed by atoms with Crippen molar-refractivity contribution >= 4 is 11.1 Å². The molecule has 0 aliphatic rings. The van der Waals surface area contributed by atoms with Crippen molar-refractivity contribution in [3.8, 4) is 0 Å². The van der Waals surface area contributed by atoms with E-state index >= 15 is 0 Å². The minimum atomic E-state index is -1.17. The fraction of sp³-hybridized carbons (Fsp3) is 0.333. The standard InChI is InChI=1S/C9H12O2S/c1-2-11-12(10)8-9-6-4-3-5-7-9/h3-7H,2,8H2,1H3. The van der Waals surface area contributed by atoms with Gasteiger partial charge < -0.3 is 0 Å². The summed E-state index contributed by atoms with van der Waals surface area (Å²) >= 11 is -1.17. The van der Waals surface area contributed by atoms with Crippen molar-refractivity contribution in [1.29, 1.82) is 0 Å². The molecule has 0 heterocycles. The Morgan fingerprint density at radius 3 is 2.58 bits per heavy atom. The molecule has 1 aromatic carbocycles. The van der Waals surface area contributed by atoms with Gasteiger partial charge in [0.2, 0.25) is 0 Å². The Labute approximate surface area is 75.2 Å². The molecular weight excluding hydrogens is 172 g/mol. The number of rotatable bonds is 4. The monoisotopic (exact) mass is 184 g/mol. The van der Waals surface area contributed by atoms with Crippen LogP contribution >= 0.6 is 0 Å². The molecule has 0 saturated carbocycles. The third-order valence-corrected chi connectivity index (χ3v) is 2.44. The molecule has 12 heavy (non-hydrogen) atoms. The van der Waals surface area contributed by atoms with Gasteiger partial charge in [-0.25, -0.2) is 4.21 Å². The molecule has 0 aliphatic carbocycles. The van der Waals surface area contributed by atoms with E-state index in [0.717, 1.165) is 5.56 Å². The van der Waals surface area contributed by atoms with Crippen molar-refractivity contribution in [1.82, 2.24) is 0 Å². The number of benzene rings is 1. The molecule has 3 heteroatoms. The third kappa shape index (κ3) is 3.15. The summed E-state index contributed by atoms with van der Waals surface area (Å²) in [5.41, 5.74) is 1.05. The lowest BCUT2D eigenvalue weighted by molar-refractivity contribution is 0.371. The smallest absolute Gasteiger partial charge is 0.159 e. The summed E-state index contributed by atoms with van der Waals surface area (Å²) < 4.78 is 16.0. The highest BCUT2D eigenvalue weighted by molar-refractivity contribution is 7.79. The average Bonchev–Trinajstić information content (AvgIpc) is 2.06. The van der Waals surface area contributed by atoms with Crippen molar-refractivity contribution in [2.45, 2.75) is 12.7 Å². The van der Waals surface area contributed by atoms with Gasteiger partial charge in [-0.15, -0.1) is 0 Å². The Morgan fingerprint density at radius 2 is 2.00 bits per heavy atom. The second-order valence-electron chi connectivity index (χ2n) is 2.34. The van der Waals surface area contributed by atoms with Gasteiger partial charge in [-0.1, -0.05) is 30.3 Å². The predicted octanol–water partition coefficient (Wildman–Crippen LogP) is 1.89. The van der Waals surface area contributed by atoms with Crippen molar-refractivity contribution in [3.63, 3.8) is 0 Å². The predicted molar refractivity (Wildman–Crippen MR) is 49.9 cm³/mol. The minimum absolute atomic E-state index is 0.481. The maximum atomic E-state index is 11.1. The Hall–Kier alpha value is -0.670. The maximum Gasteiger partial charge on any atom is 0.159 e. The molecule has 0 spiro atoms. The van der Waals surface area contributed by atoms with Crippen LogP contribution in [-0.2, 0) is 21.0 Å². The highest BCUT2D eigenvalue weighted by Crippen LogP contribution is 2.03. The van der Waals surface area contributed by atoms with E-state index in [0.29, 0.717) is 12.4 Å². The first kappa shape index (κ1) is 9.42.